The molecule has 0 unspecified atom stereocenters. The fourth-order valence-electron chi connectivity index (χ4n) is 1.90. The van der Waals surface area contributed by atoms with Gasteiger partial charge >= 0.3 is 0 Å². The zero-order chi connectivity index (χ0) is 13.5. The number of likely N-dealkylation sites (N-methyl/N-ethyl adjacent to an activating group) is 1. The Morgan fingerprint density at radius 1 is 1.22 bits per heavy atom. The summed E-state index contributed by atoms with van der Waals surface area (Å²) in [5, 5.41) is 0. The van der Waals surface area contributed by atoms with E-state index in [0.717, 1.165) is 42.7 Å². The summed E-state index contributed by atoms with van der Waals surface area (Å²) in [4.78, 5) is 16.5. The first-order valence-corrected chi connectivity index (χ1v) is 7.00. The monoisotopic (exact) mass is 312 g/mol. The van der Waals surface area contributed by atoms with Gasteiger partial charge in [-0.1, -0.05) is 28.6 Å². The Kier molecular flexibility index (Phi) is 6.36. The molecule has 1 saturated heterocycles. The molecule has 1 amide bonds. The SMILES string of the molecule is C=C(Br)/C=C\C(=C/C)C(=O)N1CCCN(C)CC1. The smallest absolute Gasteiger partial charge is 0.253 e. The van der Waals surface area contributed by atoms with Crippen LogP contribution in [0.4, 0.5) is 0 Å². The highest BCUT2D eigenvalue weighted by molar-refractivity contribution is 9.11. The van der Waals surface area contributed by atoms with Crippen LogP contribution in [0.2, 0.25) is 0 Å². The maximum atomic E-state index is 12.3. The zero-order valence-corrected chi connectivity index (χ0v) is 12.7. The average molecular weight is 313 g/mol. The summed E-state index contributed by atoms with van der Waals surface area (Å²) < 4.78 is 0.769. The average Bonchev–Trinajstić information content (AvgIpc) is 2.54. The number of amides is 1. The molecule has 0 spiro atoms. The van der Waals surface area contributed by atoms with Gasteiger partial charge in [-0.25, -0.2) is 0 Å². The maximum Gasteiger partial charge on any atom is 0.253 e. The molecule has 1 aliphatic heterocycles. The molecule has 0 N–H and O–H groups in total. The summed E-state index contributed by atoms with van der Waals surface area (Å²) in [6.07, 6.45) is 6.50. The van der Waals surface area contributed by atoms with E-state index < -0.39 is 0 Å². The second-order valence-corrected chi connectivity index (χ2v) is 5.49. The third-order valence-electron chi connectivity index (χ3n) is 3.01. The van der Waals surface area contributed by atoms with E-state index in [2.05, 4.69) is 34.5 Å². The van der Waals surface area contributed by atoms with Gasteiger partial charge in [0.15, 0.2) is 0 Å². The summed E-state index contributed by atoms with van der Waals surface area (Å²) in [6.45, 7) is 9.26. The van der Waals surface area contributed by atoms with E-state index in [9.17, 15) is 4.79 Å². The Labute approximate surface area is 118 Å². The number of nitrogens with zero attached hydrogens (tertiary/aromatic N) is 2. The second kappa shape index (κ2) is 7.54. The number of carbonyl (C=O) groups excluding carboxylic acids is 1. The molecular weight excluding hydrogens is 292 g/mol. The number of allylic oxidation sites excluding steroid dienone is 3. The predicted molar refractivity (Wildman–Crippen MR) is 79.7 cm³/mol. The fraction of sp³-hybridized carbons (Fsp3) is 0.500. The molecule has 0 aromatic rings. The van der Waals surface area contributed by atoms with Gasteiger partial charge in [-0.15, -0.1) is 0 Å². The van der Waals surface area contributed by atoms with Gasteiger partial charge in [0.2, 0.25) is 0 Å². The highest BCUT2D eigenvalue weighted by atomic mass is 79.9. The number of rotatable bonds is 3. The van der Waals surface area contributed by atoms with Crippen LogP contribution < -0.4 is 0 Å². The molecule has 100 valence electrons. The first-order chi connectivity index (χ1) is 8.54. The van der Waals surface area contributed by atoms with Crippen LogP contribution in [0.15, 0.2) is 34.9 Å². The van der Waals surface area contributed by atoms with Gasteiger partial charge in [0, 0.05) is 29.7 Å². The lowest BCUT2D eigenvalue weighted by atomic mass is 10.2. The zero-order valence-electron chi connectivity index (χ0n) is 11.2. The molecule has 3 nitrogen and oxygen atoms in total. The summed E-state index contributed by atoms with van der Waals surface area (Å²) >= 11 is 3.26. The van der Waals surface area contributed by atoms with Crippen LogP contribution in [0.25, 0.3) is 0 Å². The highest BCUT2D eigenvalue weighted by Crippen LogP contribution is 2.11. The third-order valence-corrected chi connectivity index (χ3v) is 3.27. The molecule has 0 aromatic heterocycles. The largest absolute Gasteiger partial charge is 0.337 e. The minimum Gasteiger partial charge on any atom is -0.337 e. The first-order valence-electron chi connectivity index (χ1n) is 6.21. The lowest BCUT2D eigenvalue weighted by Gasteiger charge is -2.21. The molecule has 18 heavy (non-hydrogen) atoms. The van der Waals surface area contributed by atoms with Crippen molar-refractivity contribution < 1.29 is 4.79 Å². The summed E-state index contributed by atoms with van der Waals surface area (Å²) in [5.41, 5.74) is 0.722. The highest BCUT2D eigenvalue weighted by Gasteiger charge is 2.18. The predicted octanol–water partition coefficient (Wildman–Crippen LogP) is 2.56. The lowest BCUT2D eigenvalue weighted by molar-refractivity contribution is -0.126. The molecule has 4 heteroatoms. The van der Waals surface area contributed by atoms with E-state index >= 15 is 0 Å². The topological polar surface area (TPSA) is 23.6 Å². The Hall–Kier alpha value is -0.870. The number of hydrogen-bond donors (Lipinski definition) is 0. The number of halogens is 1. The van der Waals surface area contributed by atoms with Gasteiger partial charge in [-0.3, -0.25) is 4.79 Å². The fourth-order valence-corrected chi connectivity index (χ4v) is 2.04. The standard InChI is InChI=1S/C14H21BrN2O/c1-4-13(7-6-12(2)15)14(18)17-9-5-8-16(3)10-11-17/h4,6-7H,2,5,8-11H2,1,3H3/b7-6-,13-4+. The van der Waals surface area contributed by atoms with Crippen LogP contribution in [-0.2, 0) is 4.79 Å². The van der Waals surface area contributed by atoms with Crippen molar-refractivity contribution in [1.82, 2.24) is 9.80 Å². The molecule has 1 rings (SSSR count). The van der Waals surface area contributed by atoms with Crippen molar-refractivity contribution in [3.63, 3.8) is 0 Å². The lowest BCUT2D eigenvalue weighted by Crippen LogP contribution is -2.35. The molecule has 0 aliphatic carbocycles. The minimum absolute atomic E-state index is 0.109. The maximum absolute atomic E-state index is 12.3. The molecule has 0 radical (unpaired) electrons. The minimum atomic E-state index is 0.109. The quantitative estimate of drug-likeness (QED) is 0.590. The van der Waals surface area contributed by atoms with Crippen LogP contribution in [0, 0.1) is 0 Å². The van der Waals surface area contributed by atoms with Gasteiger partial charge in [-0.05, 0) is 39.1 Å². The Morgan fingerprint density at radius 2 is 1.94 bits per heavy atom. The van der Waals surface area contributed by atoms with Crippen LogP contribution in [0.5, 0.6) is 0 Å². The molecule has 0 atom stereocenters. The molecule has 1 heterocycles. The van der Waals surface area contributed by atoms with Crippen molar-refractivity contribution in [2.75, 3.05) is 33.2 Å². The molecule has 0 aromatic carbocycles. The van der Waals surface area contributed by atoms with Gasteiger partial charge in [-0.2, -0.15) is 0 Å². The van der Waals surface area contributed by atoms with Crippen molar-refractivity contribution in [2.24, 2.45) is 0 Å². The normalized spacial score (nSPS) is 19.1. The van der Waals surface area contributed by atoms with Crippen LogP contribution in [-0.4, -0.2) is 48.9 Å². The van der Waals surface area contributed by atoms with E-state index in [0.29, 0.717) is 0 Å². The number of carbonyl (C=O) groups is 1. The van der Waals surface area contributed by atoms with Crippen molar-refractivity contribution in [3.8, 4) is 0 Å². The van der Waals surface area contributed by atoms with Gasteiger partial charge in [0.25, 0.3) is 5.91 Å². The molecule has 1 aliphatic rings. The van der Waals surface area contributed by atoms with Gasteiger partial charge in [0.1, 0.15) is 0 Å². The summed E-state index contributed by atoms with van der Waals surface area (Å²) in [5.74, 6) is 0.109. The Bertz CT molecular complexity index is 374. The van der Waals surface area contributed by atoms with E-state index in [1.54, 1.807) is 6.08 Å². The third kappa shape index (κ3) is 4.78. The van der Waals surface area contributed by atoms with Gasteiger partial charge in [0.05, 0.1) is 0 Å². The van der Waals surface area contributed by atoms with E-state index in [1.807, 2.05) is 24.0 Å². The van der Waals surface area contributed by atoms with Gasteiger partial charge < -0.3 is 9.80 Å². The molecular formula is C14H21BrN2O. The van der Waals surface area contributed by atoms with E-state index in [4.69, 9.17) is 0 Å². The van der Waals surface area contributed by atoms with Crippen molar-refractivity contribution in [2.45, 2.75) is 13.3 Å². The van der Waals surface area contributed by atoms with E-state index in [-0.39, 0.29) is 5.91 Å². The van der Waals surface area contributed by atoms with Crippen LogP contribution in [0.1, 0.15) is 13.3 Å². The molecule has 0 bridgehead atoms. The number of hydrogen-bond acceptors (Lipinski definition) is 2. The van der Waals surface area contributed by atoms with Crippen molar-refractivity contribution in [1.29, 1.82) is 0 Å². The molecule has 0 saturated carbocycles. The van der Waals surface area contributed by atoms with Crippen molar-refractivity contribution in [3.05, 3.63) is 34.9 Å². The van der Waals surface area contributed by atoms with Crippen LogP contribution >= 0.6 is 15.9 Å². The first kappa shape index (κ1) is 15.2. The summed E-state index contributed by atoms with van der Waals surface area (Å²) in [7, 11) is 2.10. The summed E-state index contributed by atoms with van der Waals surface area (Å²) in [6, 6.07) is 0. The molecule has 1 fully saturated rings. The van der Waals surface area contributed by atoms with Crippen LogP contribution in [0.3, 0.4) is 0 Å². The van der Waals surface area contributed by atoms with E-state index in [1.165, 1.54) is 0 Å². The second-order valence-electron chi connectivity index (χ2n) is 4.47. The van der Waals surface area contributed by atoms with Crippen molar-refractivity contribution >= 4 is 21.8 Å². The Morgan fingerprint density at radius 3 is 2.56 bits per heavy atom. The Balaban J connectivity index is 2.69.